The number of aromatic nitrogens is 4. The van der Waals surface area contributed by atoms with Crippen LogP contribution in [-0.2, 0) is 27.5 Å². The van der Waals surface area contributed by atoms with Gasteiger partial charge in [-0.3, -0.25) is 4.68 Å². The van der Waals surface area contributed by atoms with Crippen molar-refractivity contribution in [2.45, 2.75) is 53.9 Å². The molecule has 3 aromatic heterocycles. The minimum atomic E-state index is 0. The maximum absolute atomic E-state index is 6.45. The third-order valence-corrected chi connectivity index (χ3v) is 8.58. The zero-order valence-electron chi connectivity index (χ0n) is 27.6. The Morgan fingerprint density at radius 1 is 0.787 bits per heavy atom. The van der Waals surface area contributed by atoms with E-state index < -0.39 is 0 Å². The van der Waals surface area contributed by atoms with Crippen molar-refractivity contribution in [3.8, 4) is 34.1 Å². The molecule has 0 amide bonds. The Morgan fingerprint density at radius 3 is 2.34 bits per heavy atom. The van der Waals surface area contributed by atoms with Crippen LogP contribution < -0.4 is 4.74 Å². The van der Waals surface area contributed by atoms with E-state index in [0.717, 1.165) is 56.9 Å². The first-order chi connectivity index (χ1) is 22.3. The van der Waals surface area contributed by atoms with Crippen LogP contribution in [-0.4, -0.2) is 19.3 Å². The van der Waals surface area contributed by atoms with Crippen molar-refractivity contribution >= 4 is 21.8 Å². The molecule has 0 unspecified atom stereocenters. The molecule has 0 fully saturated rings. The van der Waals surface area contributed by atoms with Crippen LogP contribution in [0.1, 0.15) is 56.1 Å². The van der Waals surface area contributed by atoms with Crippen LogP contribution in [0.3, 0.4) is 0 Å². The van der Waals surface area contributed by atoms with Crippen molar-refractivity contribution in [1.82, 2.24) is 19.3 Å². The molecule has 0 N–H and O–H groups in total. The predicted molar refractivity (Wildman–Crippen MR) is 187 cm³/mol. The summed E-state index contributed by atoms with van der Waals surface area (Å²) in [7, 11) is 0. The van der Waals surface area contributed by atoms with Gasteiger partial charge in [-0.25, -0.2) is 4.98 Å². The molecular weight excluding hydrogens is 760 g/mol. The van der Waals surface area contributed by atoms with Crippen LogP contribution in [0.5, 0.6) is 11.5 Å². The fraction of sp³-hybridized carbons (Fsp3) is 0.220. The summed E-state index contributed by atoms with van der Waals surface area (Å²) in [4.78, 5) is 4.82. The molecule has 0 bridgehead atoms. The van der Waals surface area contributed by atoms with Gasteiger partial charge in [0.15, 0.2) is 0 Å². The van der Waals surface area contributed by atoms with Gasteiger partial charge in [0.2, 0.25) is 0 Å². The molecule has 0 aliphatic heterocycles. The summed E-state index contributed by atoms with van der Waals surface area (Å²) in [6.07, 6.45) is 2.93. The van der Waals surface area contributed by atoms with E-state index in [0.29, 0.717) is 23.3 Å². The van der Waals surface area contributed by atoms with E-state index in [9.17, 15) is 0 Å². The van der Waals surface area contributed by atoms with Crippen LogP contribution in [0.15, 0.2) is 97.2 Å². The van der Waals surface area contributed by atoms with Crippen molar-refractivity contribution in [3.63, 3.8) is 0 Å². The van der Waals surface area contributed by atoms with E-state index in [1.807, 2.05) is 48.1 Å². The quantitative estimate of drug-likeness (QED) is 0.144. The number of pyridine rings is 1. The Labute approximate surface area is 291 Å². The number of benzene rings is 4. The van der Waals surface area contributed by atoms with Crippen molar-refractivity contribution in [2.75, 3.05) is 0 Å². The fourth-order valence-corrected chi connectivity index (χ4v) is 6.42. The molecule has 0 saturated heterocycles. The third-order valence-electron chi connectivity index (χ3n) is 8.58. The minimum Gasteiger partial charge on any atom is -0.509 e. The van der Waals surface area contributed by atoms with E-state index in [1.165, 1.54) is 16.5 Å². The topological polar surface area (TPSA) is 44.9 Å². The number of ether oxygens (including phenoxy) is 1. The van der Waals surface area contributed by atoms with Gasteiger partial charge in [-0.2, -0.15) is 17.2 Å². The monoisotopic (exact) mass is 797 g/mol. The van der Waals surface area contributed by atoms with Gasteiger partial charge in [0.05, 0.1) is 5.69 Å². The smallest absolute Gasteiger partial charge is 0.509 e. The summed E-state index contributed by atoms with van der Waals surface area (Å²) in [5.41, 5.74) is 9.76. The third kappa shape index (κ3) is 6.29. The van der Waals surface area contributed by atoms with Gasteiger partial charge in [-0.1, -0.05) is 75.7 Å². The molecule has 47 heavy (non-hydrogen) atoms. The molecule has 6 heteroatoms. The Kier molecular flexibility index (Phi) is 9.21. The molecular formula is C41H38N4OPt. The Hall–Kier alpha value is -4.47. The Morgan fingerprint density at radius 2 is 1.57 bits per heavy atom. The molecule has 7 rings (SSSR count). The summed E-state index contributed by atoms with van der Waals surface area (Å²) in [6.45, 7) is 13.1. The maximum Gasteiger partial charge on any atom is 2.00 e. The van der Waals surface area contributed by atoms with E-state index in [1.54, 1.807) is 0 Å². The second-order valence-electron chi connectivity index (χ2n) is 12.8. The van der Waals surface area contributed by atoms with Crippen LogP contribution >= 0.6 is 0 Å². The standard InChI is InChI=1S/C41H38N4O.Pt/c1-26(2)21-30-15-18-38-37(22-30)36-17-16-35(25-39(36)44(38)40-23-32(27(3)4)19-20-42-40)46-34-14-10-13-33(24-34)45-29(6)41(28(5)43-45)31-11-8-7-9-12-31;/h7-20,22-23,26-27H,21H2,1-6H3;/q-2;+2. The molecule has 0 aliphatic rings. The maximum atomic E-state index is 6.45. The van der Waals surface area contributed by atoms with Gasteiger partial charge >= 0.3 is 21.1 Å². The summed E-state index contributed by atoms with van der Waals surface area (Å²) < 4.78 is 10.6. The van der Waals surface area contributed by atoms with Gasteiger partial charge in [0.1, 0.15) is 5.82 Å². The van der Waals surface area contributed by atoms with Crippen LogP contribution in [0.2, 0.25) is 0 Å². The Bertz CT molecular complexity index is 2190. The number of hydrogen-bond acceptors (Lipinski definition) is 3. The van der Waals surface area contributed by atoms with Crippen LogP contribution in [0.4, 0.5) is 0 Å². The van der Waals surface area contributed by atoms with E-state index in [-0.39, 0.29) is 21.1 Å². The molecule has 0 radical (unpaired) electrons. The summed E-state index contributed by atoms with van der Waals surface area (Å²) in [5, 5.41) is 7.19. The zero-order chi connectivity index (χ0) is 31.9. The van der Waals surface area contributed by atoms with Crippen LogP contribution in [0, 0.1) is 31.9 Å². The molecule has 0 atom stereocenters. The van der Waals surface area contributed by atoms with Crippen molar-refractivity contribution in [1.29, 1.82) is 0 Å². The van der Waals surface area contributed by atoms with Crippen molar-refractivity contribution < 1.29 is 25.8 Å². The first-order valence-electron chi connectivity index (χ1n) is 16.0. The average molecular weight is 798 g/mol. The van der Waals surface area contributed by atoms with Gasteiger partial charge < -0.3 is 9.30 Å². The largest absolute Gasteiger partial charge is 2.00 e. The summed E-state index contributed by atoms with van der Waals surface area (Å²) in [6, 6.07) is 38.5. The minimum absolute atomic E-state index is 0. The summed E-state index contributed by atoms with van der Waals surface area (Å²) in [5.74, 6) is 3.07. The predicted octanol–water partition coefficient (Wildman–Crippen LogP) is 10.4. The number of nitrogens with zero attached hydrogens (tertiary/aromatic N) is 4. The van der Waals surface area contributed by atoms with Gasteiger partial charge in [0, 0.05) is 34.5 Å². The molecule has 5 nitrogen and oxygen atoms in total. The molecule has 7 aromatic rings. The van der Waals surface area contributed by atoms with E-state index in [4.69, 9.17) is 14.8 Å². The second kappa shape index (κ2) is 13.3. The molecule has 238 valence electrons. The van der Waals surface area contributed by atoms with E-state index >= 15 is 0 Å². The van der Waals surface area contributed by atoms with Crippen molar-refractivity contribution in [2.24, 2.45) is 5.92 Å². The SMILES string of the molecule is Cc1nn(-c2[c-]c(Oc3[c-]c4c(cc3)c3cc(CC(C)C)ccc3n4-c3cc(C(C)C)ccn3)ccc2)c(C)c1-c1ccccc1.[Pt+2]. The molecule has 0 aliphatic carbocycles. The van der Waals surface area contributed by atoms with Crippen LogP contribution in [0.25, 0.3) is 44.4 Å². The molecule has 0 saturated carbocycles. The van der Waals surface area contributed by atoms with Crippen molar-refractivity contribution in [3.05, 3.63) is 132 Å². The number of hydrogen-bond donors (Lipinski definition) is 0. The van der Waals surface area contributed by atoms with Gasteiger partial charge in [0.25, 0.3) is 0 Å². The molecule has 0 spiro atoms. The summed E-state index contributed by atoms with van der Waals surface area (Å²) >= 11 is 0. The molecule has 4 aromatic carbocycles. The van der Waals surface area contributed by atoms with E-state index in [2.05, 4.69) is 112 Å². The normalized spacial score (nSPS) is 11.5. The van der Waals surface area contributed by atoms with Gasteiger partial charge in [-0.15, -0.1) is 35.7 Å². The first kappa shape index (κ1) is 32.5. The second-order valence-corrected chi connectivity index (χ2v) is 12.8. The molecule has 3 heterocycles. The Balaban J connectivity index is 0.00000386. The first-order valence-corrected chi connectivity index (χ1v) is 16.0. The number of fused-ring (bicyclic) bond motifs is 3. The fourth-order valence-electron chi connectivity index (χ4n) is 6.42. The average Bonchev–Trinajstić information content (AvgIpc) is 3.53. The van der Waals surface area contributed by atoms with Gasteiger partial charge in [-0.05, 0) is 78.1 Å². The number of aryl methyl sites for hydroxylation is 1. The zero-order valence-corrected chi connectivity index (χ0v) is 29.9. The number of rotatable bonds is 8.